The molecule has 1 amide bonds. The zero-order chi connectivity index (χ0) is 12.6. The van der Waals surface area contributed by atoms with Crippen LogP contribution < -0.4 is 5.32 Å². The number of amides is 1. The second-order valence-corrected chi connectivity index (χ2v) is 5.09. The van der Waals surface area contributed by atoms with Gasteiger partial charge in [-0.05, 0) is 12.3 Å². The monoisotopic (exact) mass is 247 g/mol. The van der Waals surface area contributed by atoms with Crippen molar-refractivity contribution in [1.82, 2.24) is 5.32 Å². The standard InChI is InChI=1S/C13H26ClNO/c1-5-8-10(4)13(16)15-9-12(14)11(6-2)7-3/h10-12H,5-9H2,1-4H3,(H,15,16). The summed E-state index contributed by atoms with van der Waals surface area (Å²) in [7, 11) is 0. The van der Waals surface area contributed by atoms with Crippen LogP contribution in [0.4, 0.5) is 0 Å². The van der Waals surface area contributed by atoms with Gasteiger partial charge in [0.05, 0.1) is 5.38 Å². The zero-order valence-corrected chi connectivity index (χ0v) is 11.8. The molecule has 2 nitrogen and oxygen atoms in total. The smallest absolute Gasteiger partial charge is 0.222 e. The summed E-state index contributed by atoms with van der Waals surface area (Å²) in [5, 5.41) is 3.01. The Balaban J connectivity index is 3.90. The van der Waals surface area contributed by atoms with Gasteiger partial charge in [0.1, 0.15) is 0 Å². The first kappa shape index (κ1) is 15.8. The molecule has 0 saturated carbocycles. The maximum absolute atomic E-state index is 11.7. The van der Waals surface area contributed by atoms with Gasteiger partial charge in [0, 0.05) is 12.5 Å². The number of carbonyl (C=O) groups excluding carboxylic acids is 1. The molecule has 0 aliphatic carbocycles. The first-order chi connectivity index (χ1) is 7.56. The molecule has 1 N–H and O–H groups in total. The molecule has 0 aromatic carbocycles. The Hall–Kier alpha value is -0.240. The fourth-order valence-corrected chi connectivity index (χ4v) is 2.34. The van der Waals surface area contributed by atoms with E-state index in [9.17, 15) is 4.79 Å². The summed E-state index contributed by atoms with van der Waals surface area (Å²) < 4.78 is 0. The Morgan fingerprint density at radius 1 is 1.25 bits per heavy atom. The zero-order valence-electron chi connectivity index (χ0n) is 11.1. The summed E-state index contributed by atoms with van der Waals surface area (Å²) in [6, 6.07) is 0. The Labute approximate surface area is 105 Å². The van der Waals surface area contributed by atoms with Gasteiger partial charge in [-0.25, -0.2) is 0 Å². The average molecular weight is 248 g/mol. The molecule has 0 radical (unpaired) electrons. The molecule has 0 spiro atoms. The van der Waals surface area contributed by atoms with Crippen molar-refractivity contribution in [1.29, 1.82) is 0 Å². The molecule has 2 atom stereocenters. The van der Waals surface area contributed by atoms with E-state index in [1.165, 1.54) is 0 Å². The Kier molecular flexibility index (Phi) is 8.73. The predicted molar refractivity (Wildman–Crippen MR) is 70.8 cm³/mol. The van der Waals surface area contributed by atoms with Crippen LogP contribution in [0.3, 0.4) is 0 Å². The molecule has 0 aliphatic heterocycles. The van der Waals surface area contributed by atoms with Crippen molar-refractivity contribution in [3.63, 3.8) is 0 Å². The van der Waals surface area contributed by atoms with Gasteiger partial charge in [-0.1, -0.05) is 47.0 Å². The van der Waals surface area contributed by atoms with Gasteiger partial charge in [0.25, 0.3) is 0 Å². The molecular weight excluding hydrogens is 222 g/mol. The molecule has 0 aromatic heterocycles. The summed E-state index contributed by atoms with van der Waals surface area (Å²) in [5.41, 5.74) is 0. The molecule has 0 aromatic rings. The number of rotatable bonds is 8. The van der Waals surface area contributed by atoms with Crippen molar-refractivity contribution in [2.24, 2.45) is 11.8 Å². The van der Waals surface area contributed by atoms with E-state index in [4.69, 9.17) is 11.6 Å². The first-order valence-corrected chi connectivity index (χ1v) is 6.92. The van der Waals surface area contributed by atoms with E-state index in [2.05, 4.69) is 26.1 Å². The third-order valence-electron chi connectivity index (χ3n) is 3.20. The minimum Gasteiger partial charge on any atom is -0.354 e. The average Bonchev–Trinajstić information content (AvgIpc) is 2.27. The molecule has 3 heteroatoms. The molecule has 0 saturated heterocycles. The summed E-state index contributed by atoms with van der Waals surface area (Å²) in [5.74, 6) is 0.748. The van der Waals surface area contributed by atoms with Crippen LogP contribution in [0, 0.1) is 11.8 Å². The summed E-state index contributed by atoms with van der Waals surface area (Å²) in [6.45, 7) is 8.95. The minimum atomic E-state index is 0.0628. The van der Waals surface area contributed by atoms with Crippen LogP contribution in [0.1, 0.15) is 53.4 Å². The van der Waals surface area contributed by atoms with Crippen molar-refractivity contribution in [2.45, 2.75) is 58.8 Å². The van der Waals surface area contributed by atoms with E-state index in [1.54, 1.807) is 0 Å². The van der Waals surface area contributed by atoms with Crippen LogP contribution >= 0.6 is 11.6 Å². The second-order valence-electron chi connectivity index (χ2n) is 4.53. The number of hydrogen-bond donors (Lipinski definition) is 1. The normalized spacial score (nSPS) is 14.9. The van der Waals surface area contributed by atoms with Gasteiger partial charge < -0.3 is 5.32 Å². The Morgan fingerprint density at radius 2 is 1.81 bits per heavy atom. The highest BCUT2D eigenvalue weighted by atomic mass is 35.5. The van der Waals surface area contributed by atoms with Crippen LogP contribution in [0.15, 0.2) is 0 Å². The van der Waals surface area contributed by atoms with Crippen molar-refractivity contribution in [3.8, 4) is 0 Å². The fourth-order valence-electron chi connectivity index (χ4n) is 1.90. The largest absolute Gasteiger partial charge is 0.354 e. The molecule has 2 unspecified atom stereocenters. The summed E-state index contributed by atoms with van der Waals surface area (Å²) >= 11 is 6.26. The van der Waals surface area contributed by atoms with Crippen molar-refractivity contribution in [3.05, 3.63) is 0 Å². The van der Waals surface area contributed by atoms with Crippen LogP contribution in [0.5, 0.6) is 0 Å². The summed E-state index contributed by atoms with van der Waals surface area (Å²) in [6.07, 6.45) is 4.14. The lowest BCUT2D eigenvalue weighted by Gasteiger charge is -2.20. The predicted octanol–water partition coefficient (Wildman–Crippen LogP) is 3.58. The van der Waals surface area contributed by atoms with Crippen LogP contribution in [-0.4, -0.2) is 17.8 Å². The highest BCUT2D eigenvalue weighted by Gasteiger charge is 2.18. The minimum absolute atomic E-state index is 0.0628. The fraction of sp³-hybridized carbons (Fsp3) is 0.923. The Morgan fingerprint density at radius 3 is 2.25 bits per heavy atom. The molecule has 0 rings (SSSR count). The van der Waals surface area contributed by atoms with E-state index in [0.29, 0.717) is 12.5 Å². The van der Waals surface area contributed by atoms with Crippen molar-refractivity contribution < 1.29 is 4.79 Å². The number of nitrogens with one attached hydrogen (secondary N) is 1. The molecule has 0 aliphatic rings. The van der Waals surface area contributed by atoms with Crippen LogP contribution in [-0.2, 0) is 4.79 Å². The number of hydrogen-bond acceptors (Lipinski definition) is 1. The number of halogens is 1. The number of alkyl halides is 1. The van der Waals surface area contributed by atoms with Gasteiger partial charge in [0.15, 0.2) is 0 Å². The molecular formula is C13H26ClNO. The first-order valence-electron chi connectivity index (χ1n) is 6.48. The topological polar surface area (TPSA) is 29.1 Å². The SMILES string of the molecule is CCCC(C)C(=O)NCC(Cl)C(CC)CC. The third-order valence-corrected chi connectivity index (χ3v) is 3.71. The number of carbonyl (C=O) groups is 1. The quantitative estimate of drug-likeness (QED) is 0.653. The third kappa shape index (κ3) is 5.74. The lowest BCUT2D eigenvalue weighted by atomic mass is 9.98. The van der Waals surface area contributed by atoms with Gasteiger partial charge in [0.2, 0.25) is 5.91 Å². The van der Waals surface area contributed by atoms with E-state index in [1.807, 2.05) is 6.92 Å². The van der Waals surface area contributed by atoms with Crippen LogP contribution in [0.2, 0.25) is 0 Å². The molecule has 16 heavy (non-hydrogen) atoms. The lowest BCUT2D eigenvalue weighted by Crippen LogP contribution is -2.36. The maximum Gasteiger partial charge on any atom is 0.222 e. The molecule has 96 valence electrons. The highest BCUT2D eigenvalue weighted by Crippen LogP contribution is 2.17. The highest BCUT2D eigenvalue weighted by molar-refractivity contribution is 6.21. The maximum atomic E-state index is 11.7. The lowest BCUT2D eigenvalue weighted by molar-refractivity contribution is -0.124. The van der Waals surface area contributed by atoms with Gasteiger partial charge in [-0.2, -0.15) is 0 Å². The van der Waals surface area contributed by atoms with Gasteiger partial charge in [-0.15, -0.1) is 11.6 Å². The van der Waals surface area contributed by atoms with E-state index >= 15 is 0 Å². The van der Waals surface area contributed by atoms with Gasteiger partial charge >= 0.3 is 0 Å². The van der Waals surface area contributed by atoms with Crippen molar-refractivity contribution >= 4 is 17.5 Å². The molecule has 0 heterocycles. The Bertz CT molecular complexity index is 192. The van der Waals surface area contributed by atoms with E-state index in [0.717, 1.165) is 25.7 Å². The van der Waals surface area contributed by atoms with E-state index < -0.39 is 0 Å². The van der Waals surface area contributed by atoms with Crippen molar-refractivity contribution in [2.75, 3.05) is 6.54 Å². The molecule has 0 bridgehead atoms. The molecule has 0 fully saturated rings. The van der Waals surface area contributed by atoms with E-state index in [-0.39, 0.29) is 17.2 Å². The van der Waals surface area contributed by atoms with Crippen LogP contribution in [0.25, 0.3) is 0 Å². The van der Waals surface area contributed by atoms with Gasteiger partial charge in [-0.3, -0.25) is 4.79 Å². The summed E-state index contributed by atoms with van der Waals surface area (Å²) in [4.78, 5) is 11.7. The second kappa shape index (κ2) is 8.86.